The van der Waals surface area contributed by atoms with Gasteiger partial charge in [0.25, 0.3) is 0 Å². The fraction of sp³-hybridized carbons (Fsp3) is 0.800. The second kappa shape index (κ2) is 6.84. The van der Waals surface area contributed by atoms with Gasteiger partial charge in [0, 0.05) is 26.2 Å². The number of fused-ring (bicyclic) bond motifs is 1. The maximum atomic E-state index is 12.0. The van der Waals surface area contributed by atoms with Crippen molar-refractivity contribution in [1.82, 2.24) is 0 Å². The first kappa shape index (κ1) is 17.7. The van der Waals surface area contributed by atoms with Gasteiger partial charge in [-0.1, -0.05) is 0 Å². The van der Waals surface area contributed by atoms with E-state index in [1.54, 1.807) is 0 Å². The first-order chi connectivity index (χ1) is 10.8. The predicted molar refractivity (Wildman–Crippen MR) is 74.8 cm³/mol. The van der Waals surface area contributed by atoms with E-state index in [0.29, 0.717) is 0 Å². The van der Waals surface area contributed by atoms with E-state index in [2.05, 4.69) is 0 Å². The Labute approximate surface area is 133 Å². The maximum absolute atomic E-state index is 12.0. The zero-order valence-corrected chi connectivity index (χ0v) is 13.3. The third-order valence-corrected chi connectivity index (χ3v) is 4.67. The first-order valence-electron chi connectivity index (χ1n) is 7.54. The Hall–Kier alpha value is -1.67. The van der Waals surface area contributed by atoms with E-state index in [4.69, 9.17) is 14.2 Å². The molecule has 130 valence electrons. The lowest BCUT2D eigenvalue weighted by Gasteiger charge is -2.42. The van der Waals surface area contributed by atoms with Crippen LogP contribution in [0.1, 0.15) is 26.7 Å². The van der Waals surface area contributed by atoms with E-state index < -0.39 is 60.1 Å². The van der Waals surface area contributed by atoms with E-state index in [-0.39, 0.29) is 12.8 Å². The summed E-state index contributed by atoms with van der Waals surface area (Å²) in [7, 11) is 1.25. The number of hydrogen-bond acceptors (Lipinski definition) is 8. The van der Waals surface area contributed by atoms with Crippen LogP contribution < -0.4 is 0 Å². The van der Waals surface area contributed by atoms with Crippen LogP contribution in [0.5, 0.6) is 0 Å². The van der Waals surface area contributed by atoms with Gasteiger partial charge < -0.3 is 24.4 Å². The molecule has 2 N–H and O–H groups in total. The summed E-state index contributed by atoms with van der Waals surface area (Å²) in [5.74, 6) is -3.43. The normalized spacial score (nSPS) is 39.3. The molecule has 0 amide bonds. The summed E-state index contributed by atoms with van der Waals surface area (Å²) in [6.45, 7) is 2.42. The molecule has 8 heteroatoms. The van der Waals surface area contributed by atoms with Crippen LogP contribution in [0.15, 0.2) is 0 Å². The van der Waals surface area contributed by atoms with Crippen molar-refractivity contribution in [3.8, 4) is 0 Å². The molecule has 0 unspecified atom stereocenters. The Morgan fingerprint density at radius 2 is 1.61 bits per heavy atom. The molecule has 2 aliphatic rings. The fourth-order valence-corrected chi connectivity index (χ4v) is 3.86. The third-order valence-electron chi connectivity index (χ3n) is 4.67. The van der Waals surface area contributed by atoms with Gasteiger partial charge in [-0.05, 0) is 12.3 Å². The Kier molecular flexibility index (Phi) is 5.26. The summed E-state index contributed by atoms with van der Waals surface area (Å²) < 4.78 is 15.3. The lowest BCUT2D eigenvalue weighted by molar-refractivity contribution is -0.190. The Bertz CT molecular complexity index is 490. The molecule has 0 aromatic carbocycles. The number of methoxy groups -OCH3 is 1. The zero-order chi connectivity index (χ0) is 17.3. The predicted octanol–water partition coefficient (Wildman–Crippen LogP) is -0.599. The van der Waals surface area contributed by atoms with E-state index in [0.717, 1.165) is 0 Å². The Balaban J connectivity index is 2.36. The molecule has 2 saturated carbocycles. The minimum Gasteiger partial charge on any atom is -0.469 e. The van der Waals surface area contributed by atoms with Gasteiger partial charge >= 0.3 is 17.9 Å². The van der Waals surface area contributed by atoms with Gasteiger partial charge in [-0.25, -0.2) is 0 Å². The smallest absolute Gasteiger partial charge is 0.309 e. The van der Waals surface area contributed by atoms with Gasteiger partial charge in [0.15, 0.2) is 0 Å². The van der Waals surface area contributed by atoms with E-state index >= 15 is 0 Å². The van der Waals surface area contributed by atoms with Crippen molar-refractivity contribution in [3.05, 3.63) is 0 Å². The second-order valence-corrected chi connectivity index (χ2v) is 6.12. The van der Waals surface area contributed by atoms with Gasteiger partial charge in [0.1, 0.15) is 12.2 Å². The fourth-order valence-electron chi connectivity index (χ4n) is 3.86. The van der Waals surface area contributed by atoms with Crippen LogP contribution in [0.4, 0.5) is 0 Å². The molecule has 0 bridgehead atoms. The van der Waals surface area contributed by atoms with Crippen molar-refractivity contribution in [2.45, 2.75) is 51.1 Å². The van der Waals surface area contributed by atoms with Crippen LogP contribution in [0, 0.1) is 17.8 Å². The van der Waals surface area contributed by atoms with Crippen molar-refractivity contribution in [2.24, 2.45) is 17.8 Å². The molecule has 0 aromatic heterocycles. The minimum atomic E-state index is -1.17. The van der Waals surface area contributed by atoms with Crippen LogP contribution in [-0.2, 0) is 28.6 Å². The van der Waals surface area contributed by atoms with Crippen molar-refractivity contribution in [2.75, 3.05) is 7.11 Å². The van der Waals surface area contributed by atoms with Gasteiger partial charge in [0.2, 0.25) is 0 Å². The molecular weight excluding hydrogens is 308 g/mol. The highest BCUT2D eigenvalue weighted by atomic mass is 16.6. The molecule has 0 spiro atoms. The number of rotatable bonds is 3. The van der Waals surface area contributed by atoms with Crippen LogP contribution in [0.2, 0.25) is 0 Å². The molecule has 23 heavy (non-hydrogen) atoms. The van der Waals surface area contributed by atoms with Crippen molar-refractivity contribution >= 4 is 17.9 Å². The highest BCUT2D eigenvalue weighted by Gasteiger charge is 2.58. The average Bonchev–Trinajstić information content (AvgIpc) is 2.75. The quantitative estimate of drug-likeness (QED) is 0.520. The summed E-state index contributed by atoms with van der Waals surface area (Å²) in [6, 6.07) is 0. The highest BCUT2D eigenvalue weighted by Crippen LogP contribution is 2.48. The van der Waals surface area contributed by atoms with E-state index in [1.165, 1.54) is 21.0 Å². The summed E-state index contributed by atoms with van der Waals surface area (Å²) in [4.78, 5) is 34.8. The third kappa shape index (κ3) is 3.48. The van der Waals surface area contributed by atoms with Crippen LogP contribution in [0.3, 0.4) is 0 Å². The second-order valence-electron chi connectivity index (χ2n) is 6.12. The van der Waals surface area contributed by atoms with E-state index in [1.807, 2.05) is 0 Å². The average molecular weight is 330 g/mol. The maximum Gasteiger partial charge on any atom is 0.309 e. The number of hydrogen-bond donors (Lipinski definition) is 2. The highest BCUT2D eigenvalue weighted by molar-refractivity contribution is 5.73. The summed E-state index contributed by atoms with van der Waals surface area (Å²) in [5, 5.41) is 20.2. The number of aliphatic hydroxyl groups excluding tert-OH is 2. The topological polar surface area (TPSA) is 119 Å². The molecule has 8 nitrogen and oxygen atoms in total. The molecule has 0 radical (unpaired) electrons. The Morgan fingerprint density at radius 1 is 1.00 bits per heavy atom. The largest absolute Gasteiger partial charge is 0.469 e. The van der Waals surface area contributed by atoms with Crippen molar-refractivity contribution in [3.63, 3.8) is 0 Å². The minimum absolute atomic E-state index is 0.116. The van der Waals surface area contributed by atoms with Crippen molar-refractivity contribution in [1.29, 1.82) is 0 Å². The summed E-state index contributed by atoms with van der Waals surface area (Å²) in [5.41, 5.74) is 0. The number of carbonyl (C=O) groups is 3. The molecule has 0 aromatic rings. The van der Waals surface area contributed by atoms with Gasteiger partial charge in [-0.2, -0.15) is 0 Å². The number of ether oxygens (including phenoxy) is 3. The zero-order valence-electron chi connectivity index (χ0n) is 13.3. The number of aliphatic hydroxyl groups is 2. The summed E-state index contributed by atoms with van der Waals surface area (Å²) >= 11 is 0. The van der Waals surface area contributed by atoms with Crippen LogP contribution in [0.25, 0.3) is 0 Å². The molecular formula is C15H22O8. The molecule has 2 aliphatic carbocycles. The van der Waals surface area contributed by atoms with Gasteiger partial charge in [-0.3, -0.25) is 14.4 Å². The molecule has 0 heterocycles. The SMILES string of the molecule is COC(=O)[C@H]1C[C@@H](OC(C)=O)[C@H](OC(C)=O)[C@H]2[C@H](O)[C@H](O)C[C@H]21. The molecule has 2 rings (SSSR count). The number of esters is 3. The lowest BCUT2D eigenvalue weighted by atomic mass is 9.70. The standard InChI is InChI=1S/C15H22O8/c1-6(16)22-11-5-9(15(20)21-3)8-4-10(18)13(19)12(8)14(11)23-7(2)17/h8-14,18-19H,4-5H2,1-3H3/t8-,9-,10+,11+,12+,13+,14-/m0/s1. The lowest BCUT2D eigenvalue weighted by Crippen LogP contribution is -2.53. The molecule has 0 saturated heterocycles. The van der Waals surface area contributed by atoms with Gasteiger partial charge in [0.05, 0.1) is 25.2 Å². The number of carbonyl (C=O) groups excluding carboxylic acids is 3. The van der Waals surface area contributed by atoms with Crippen LogP contribution in [-0.4, -0.2) is 59.6 Å². The molecule has 2 fully saturated rings. The van der Waals surface area contributed by atoms with E-state index in [9.17, 15) is 24.6 Å². The Morgan fingerprint density at radius 3 is 2.13 bits per heavy atom. The summed E-state index contributed by atoms with van der Waals surface area (Å²) in [6.07, 6.45) is -3.68. The molecule has 7 atom stereocenters. The van der Waals surface area contributed by atoms with Crippen molar-refractivity contribution < 1.29 is 38.8 Å². The van der Waals surface area contributed by atoms with Crippen LogP contribution >= 0.6 is 0 Å². The molecule has 0 aliphatic heterocycles. The van der Waals surface area contributed by atoms with Gasteiger partial charge in [-0.15, -0.1) is 0 Å². The first-order valence-corrected chi connectivity index (χ1v) is 7.54. The monoisotopic (exact) mass is 330 g/mol.